The first kappa shape index (κ1) is 10.6. The van der Waals surface area contributed by atoms with Crippen LogP contribution in [0.4, 0.5) is 17.6 Å². The second-order valence-electron chi connectivity index (χ2n) is 2.63. The van der Waals surface area contributed by atoms with Gasteiger partial charge in [0, 0.05) is 0 Å². The summed E-state index contributed by atoms with van der Waals surface area (Å²) in [5.41, 5.74) is -2.03. The van der Waals surface area contributed by atoms with Crippen LogP contribution in [0.25, 0.3) is 0 Å². The van der Waals surface area contributed by atoms with Gasteiger partial charge < -0.3 is 0 Å². The Morgan fingerprint density at radius 2 is 1.64 bits per heavy atom. The molecule has 0 saturated carbocycles. The smallest absolute Gasteiger partial charge is 0.295 e. The molecule has 0 saturated heterocycles. The van der Waals surface area contributed by atoms with Gasteiger partial charge in [0.25, 0.3) is 0 Å². The highest BCUT2D eigenvalue weighted by atomic mass is 19.4. The molecule has 0 fully saturated rings. The first-order valence-electron chi connectivity index (χ1n) is 2.80. The maximum absolute atomic E-state index is 12.4. The molecule has 0 aromatic carbocycles. The third-order valence-corrected chi connectivity index (χ3v) is 1.20. The van der Waals surface area contributed by atoms with Gasteiger partial charge in [0.2, 0.25) is 6.17 Å². The largest absolute Gasteiger partial charge is 0.422 e. The molecule has 0 radical (unpaired) electrons. The van der Waals surface area contributed by atoms with E-state index in [-0.39, 0.29) is 0 Å². The molecule has 11 heavy (non-hydrogen) atoms. The van der Waals surface area contributed by atoms with E-state index in [0.717, 1.165) is 13.8 Å². The van der Waals surface area contributed by atoms with E-state index in [9.17, 15) is 17.6 Å². The number of hydrogen-bond donors (Lipinski definition) is 1. The molecule has 0 aliphatic rings. The molecule has 2 N–H and O–H groups in total. The van der Waals surface area contributed by atoms with E-state index >= 15 is 0 Å². The normalized spacial score (nSPS) is 16.6. The molecular weight excluding hydrogens is 166 g/mol. The standard InChI is InChI=1S/C5H9F4NO/c1-4(2,11-10)3(6)5(7,8)9/h3H,10H2,1-2H3. The van der Waals surface area contributed by atoms with Crippen LogP contribution in [0, 0.1) is 0 Å². The first-order chi connectivity index (χ1) is 4.72. The van der Waals surface area contributed by atoms with Crippen molar-refractivity contribution in [2.24, 2.45) is 5.90 Å². The van der Waals surface area contributed by atoms with Crippen molar-refractivity contribution < 1.29 is 22.4 Å². The van der Waals surface area contributed by atoms with Crippen LogP contribution >= 0.6 is 0 Å². The summed E-state index contributed by atoms with van der Waals surface area (Å²) < 4.78 is 47.2. The van der Waals surface area contributed by atoms with Crippen molar-refractivity contribution in [1.29, 1.82) is 0 Å². The molecule has 2 nitrogen and oxygen atoms in total. The number of alkyl halides is 4. The molecule has 0 aliphatic heterocycles. The van der Waals surface area contributed by atoms with E-state index < -0.39 is 17.9 Å². The van der Waals surface area contributed by atoms with E-state index in [0.29, 0.717) is 0 Å². The van der Waals surface area contributed by atoms with E-state index in [4.69, 9.17) is 0 Å². The molecule has 68 valence electrons. The van der Waals surface area contributed by atoms with Crippen LogP contribution in [-0.4, -0.2) is 17.9 Å². The summed E-state index contributed by atoms with van der Waals surface area (Å²) in [7, 11) is 0. The molecule has 0 aromatic heterocycles. The lowest BCUT2D eigenvalue weighted by Crippen LogP contribution is -2.47. The van der Waals surface area contributed by atoms with Crippen molar-refractivity contribution in [2.45, 2.75) is 31.8 Å². The van der Waals surface area contributed by atoms with Gasteiger partial charge >= 0.3 is 6.18 Å². The topological polar surface area (TPSA) is 35.2 Å². The monoisotopic (exact) mass is 175 g/mol. The summed E-state index contributed by atoms with van der Waals surface area (Å²) in [6.45, 7) is 1.84. The van der Waals surface area contributed by atoms with Crippen LogP contribution < -0.4 is 5.90 Å². The molecule has 0 spiro atoms. The summed E-state index contributed by atoms with van der Waals surface area (Å²) in [4.78, 5) is 3.83. The predicted octanol–water partition coefficient (Wildman–Crippen LogP) is 1.56. The second-order valence-corrected chi connectivity index (χ2v) is 2.63. The van der Waals surface area contributed by atoms with Gasteiger partial charge in [0.15, 0.2) is 0 Å². The van der Waals surface area contributed by atoms with E-state index in [2.05, 4.69) is 10.7 Å². The van der Waals surface area contributed by atoms with Crippen molar-refractivity contribution in [2.75, 3.05) is 0 Å². The van der Waals surface area contributed by atoms with Gasteiger partial charge in [-0.1, -0.05) is 0 Å². The first-order valence-corrected chi connectivity index (χ1v) is 2.80. The Balaban J connectivity index is 4.35. The molecule has 0 rings (SSSR count). The maximum Gasteiger partial charge on any atom is 0.422 e. The number of rotatable bonds is 2. The number of halogens is 4. The average molecular weight is 175 g/mol. The molecule has 0 aromatic rings. The Morgan fingerprint density at radius 1 is 1.27 bits per heavy atom. The van der Waals surface area contributed by atoms with Crippen LogP contribution in [0.3, 0.4) is 0 Å². The van der Waals surface area contributed by atoms with E-state index in [1.54, 1.807) is 0 Å². The summed E-state index contributed by atoms with van der Waals surface area (Å²) in [6.07, 6.45) is -8.00. The van der Waals surface area contributed by atoms with Crippen molar-refractivity contribution >= 4 is 0 Å². The SMILES string of the molecule is CC(C)(ON)C(F)C(F)(F)F. The fraction of sp³-hybridized carbons (Fsp3) is 1.00. The van der Waals surface area contributed by atoms with Gasteiger partial charge in [-0.15, -0.1) is 0 Å². The lowest BCUT2D eigenvalue weighted by atomic mass is 10.0. The summed E-state index contributed by atoms with van der Waals surface area (Å²) in [6, 6.07) is 0. The number of hydrogen-bond acceptors (Lipinski definition) is 2. The van der Waals surface area contributed by atoms with Crippen molar-refractivity contribution in [3.8, 4) is 0 Å². The highest BCUT2D eigenvalue weighted by Crippen LogP contribution is 2.31. The Labute approximate surface area is 61.3 Å². The lowest BCUT2D eigenvalue weighted by Gasteiger charge is -2.27. The van der Waals surface area contributed by atoms with Gasteiger partial charge in [-0.05, 0) is 13.8 Å². The minimum Gasteiger partial charge on any atom is -0.295 e. The van der Waals surface area contributed by atoms with E-state index in [1.165, 1.54) is 0 Å². The van der Waals surface area contributed by atoms with Crippen LogP contribution in [0.5, 0.6) is 0 Å². The Bertz CT molecular complexity index is 133. The van der Waals surface area contributed by atoms with Gasteiger partial charge in [0.05, 0.1) is 0 Å². The molecule has 0 heterocycles. The molecule has 6 heteroatoms. The molecule has 1 unspecified atom stereocenters. The van der Waals surface area contributed by atoms with Gasteiger partial charge in [-0.3, -0.25) is 4.84 Å². The zero-order valence-corrected chi connectivity index (χ0v) is 6.07. The van der Waals surface area contributed by atoms with Crippen LogP contribution in [-0.2, 0) is 4.84 Å². The fourth-order valence-corrected chi connectivity index (χ4v) is 0.454. The van der Waals surface area contributed by atoms with Gasteiger partial charge in [-0.25, -0.2) is 10.3 Å². The fourth-order valence-electron chi connectivity index (χ4n) is 0.454. The second kappa shape index (κ2) is 2.94. The Kier molecular flexibility index (Phi) is 2.85. The Morgan fingerprint density at radius 3 is 1.73 bits per heavy atom. The zero-order valence-electron chi connectivity index (χ0n) is 6.07. The van der Waals surface area contributed by atoms with Crippen LogP contribution in [0.1, 0.15) is 13.8 Å². The Hall–Kier alpha value is -0.360. The van der Waals surface area contributed by atoms with Crippen LogP contribution in [0.15, 0.2) is 0 Å². The minimum absolute atomic E-state index is 0.922. The summed E-state index contributed by atoms with van der Waals surface area (Å²) in [5, 5.41) is 0. The predicted molar refractivity (Wildman–Crippen MR) is 30.3 cm³/mol. The average Bonchev–Trinajstić information content (AvgIpc) is 1.84. The van der Waals surface area contributed by atoms with Crippen molar-refractivity contribution in [3.63, 3.8) is 0 Å². The molecular formula is C5H9F4NO. The molecule has 0 aliphatic carbocycles. The zero-order chi connectivity index (χ0) is 9.28. The van der Waals surface area contributed by atoms with Gasteiger partial charge in [-0.2, -0.15) is 13.2 Å². The maximum atomic E-state index is 12.4. The van der Waals surface area contributed by atoms with Crippen LogP contribution in [0.2, 0.25) is 0 Å². The highest BCUT2D eigenvalue weighted by Gasteiger charge is 2.50. The highest BCUT2D eigenvalue weighted by molar-refractivity contribution is 4.84. The third kappa shape index (κ3) is 2.63. The lowest BCUT2D eigenvalue weighted by molar-refractivity contribution is -0.235. The third-order valence-electron chi connectivity index (χ3n) is 1.20. The number of nitrogens with two attached hydrogens (primary N) is 1. The molecule has 0 amide bonds. The van der Waals surface area contributed by atoms with Gasteiger partial charge in [0.1, 0.15) is 5.60 Å². The minimum atomic E-state index is -4.93. The van der Waals surface area contributed by atoms with Crippen molar-refractivity contribution in [3.05, 3.63) is 0 Å². The summed E-state index contributed by atoms with van der Waals surface area (Å²) >= 11 is 0. The van der Waals surface area contributed by atoms with E-state index in [1.807, 2.05) is 0 Å². The molecule has 0 bridgehead atoms. The van der Waals surface area contributed by atoms with Crippen molar-refractivity contribution in [1.82, 2.24) is 0 Å². The molecule has 1 atom stereocenters. The quantitative estimate of drug-likeness (QED) is 0.510. The summed E-state index contributed by atoms with van der Waals surface area (Å²) in [5.74, 6) is 4.46.